The first kappa shape index (κ1) is 30.4. The van der Waals surface area contributed by atoms with Gasteiger partial charge in [-0.15, -0.1) is 24.9 Å². The van der Waals surface area contributed by atoms with Gasteiger partial charge >= 0.3 is 5.97 Å². The lowest BCUT2D eigenvalue weighted by Gasteiger charge is -2.37. The maximum absolute atomic E-state index is 14.5. The number of ether oxygens (including phenoxy) is 1. The Hall–Kier alpha value is -2.58. The van der Waals surface area contributed by atoms with Crippen LogP contribution in [0.5, 0.6) is 0 Å². The number of thioether (sulfide) groups is 1. The summed E-state index contributed by atoms with van der Waals surface area (Å²) in [5.41, 5.74) is 1.02. The molecule has 218 valence electrons. The van der Waals surface area contributed by atoms with Crippen molar-refractivity contribution in [3.63, 3.8) is 0 Å². The van der Waals surface area contributed by atoms with Crippen molar-refractivity contribution >= 4 is 29.5 Å². The zero-order chi connectivity index (χ0) is 28.8. The Kier molecular flexibility index (Phi) is 10.2. The Bertz CT molecular complexity index is 1080. The van der Waals surface area contributed by atoms with Gasteiger partial charge in [0.1, 0.15) is 6.04 Å². The zero-order valence-electron chi connectivity index (χ0n) is 23.8. The minimum atomic E-state index is -0.658. The van der Waals surface area contributed by atoms with Crippen LogP contribution in [0.15, 0.2) is 55.6 Å². The fourth-order valence-electron chi connectivity index (χ4n) is 6.91. The van der Waals surface area contributed by atoms with Gasteiger partial charge in [-0.2, -0.15) is 0 Å². The molecule has 1 aromatic carbocycles. The third-order valence-electron chi connectivity index (χ3n) is 8.75. The van der Waals surface area contributed by atoms with Crippen LogP contribution in [0.4, 0.5) is 0 Å². The topological polar surface area (TPSA) is 87.1 Å². The number of benzene rings is 1. The van der Waals surface area contributed by atoms with Crippen molar-refractivity contribution in [2.24, 2.45) is 11.8 Å². The molecule has 1 aromatic rings. The number of aliphatic hydroxyl groups excluding tert-OH is 1. The molecule has 0 aromatic heterocycles. The third kappa shape index (κ3) is 5.89. The van der Waals surface area contributed by atoms with Gasteiger partial charge in [-0.25, -0.2) is 0 Å². The SMILES string of the molecule is C=CCCCOC(=O)[C@@H]1[C@H]2C(=O)N(CCCCCCO)C(C(=O)N(CC=C)Cc3ccccc3)C23CC[C@@]1(C)S3. The molecule has 2 amide bonds. The van der Waals surface area contributed by atoms with E-state index in [4.69, 9.17) is 9.84 Å². The summed E-state index contributed by atoms with van der Waals surface area (Å²) in [6.45, 7) is 11.4. The summed E-state index contributed by atoms with van der Waals surface area (Å²) in [4.78, 5) is 45.8. The highest BCUT2D eigenvalue weighted by Crippen LogP contribution is 2.71. The fraction of sp³-hybridized carbons (Fsp3) is 0.594. The van der Waals surface area contributed by atoms with E-state index in [1.54, 1.807) is 33.7 Å². The average Bonchev–Trinajstić information content (AvgIpc) is 3.51. The molecule has 0 radical (unpaired) electrons. The van der Waals surface area contributed by atoms with Crippen LogP contribution in [0.25, 0.3) is 0 Å². The van der Waals surface area contributed by atoms with Gasteiger partial charge in [-0.3, -0.25) is 14.4 Å². The molecule has 0 aliphatic carbocycles. The molecule has 3 heterocycles. The second kappa shape index (κ2) is 13.4. The van der Waals surface area contributed by atoms with Gasteiger partial charge in [0.2, 0.25) is 11.8 Å². The average molecular weight is 569 g/mol. The Morgan fingerprint density at radius 1 is 1.12 bits per heavy atom. The van der Waals surface area contributed by atoms with Crippen LogP contribution < -0.4 is 0 Å². The van der Waals surface area contributed by atoms with E-state index in [9.17, 15) is 14.4 Å². The number of fused-ring (bicyclic) bond motifs is 1. The van der Waals surface area contributed by atoms with Crippen LogP contribution in [0.1, 0.15) is 63.9 Å². The molecule has 3 fully saturated rings. The monoisotopic (exact) mass is 568 g/mol. The molecule has 2 bridgehead atoms. The van der Waals surface area contributed by atoms with Gasteiger partial charge in [0.05, 0.1) is 23.2 Å². The molecular formula is C32H44N2O5S. The molecule has 7 nitrogen and oxygen atoms in total. The van der Waals surface area contributed by atoms with Gasteiger partial charge in [0, 0.05) is 31.0 Å². The number of esters is 1. The maximum Gasteiger partial charge on any atom is 0.311 e. The lowest BCUT2D eigenvalue weighted by Crippen LogP contribution is -2.54. The van der Waals surface area contributed by atoms with Crippen molar-refractivity contribution < 1.29 is 24.2 Å². The molecule has 0 saturated carbocycles. The van der Waals surface area contributed by atoms with Crippen LogP contribution >= 0.6 is 11.8 Å². The van der Waals surface area contributed by atoms with Crippen molar-refractivity contribution in [1.29, 1.82) is 0 Å². The number of nitrogens with zero attached hydrogens (tertiary/aromatic N) is 2. The smallest absolute Gasteiger partial charge is 0.311 e. The number of unbranched alkanes of at least 4 members (excludes halogenated alkanes) is 4. The highest BCUT2D eigenvalue weighted by molar-refractivity contribution is 8.02. The van der Waals surface area contributed by atoms with E-state index >= 15 is 0 Å². The Labute approximate surface area is 243 Å². The summed E-state index contributed by atoms with van der Waals surface area (Å²) in [6, 6.07) is 9.22. The Morgan fingerprint density at radius 2 is 1.88 bits per heavy atom. The van der Waals surface area contributed by atoms with Crippen LogP contribution in [-0.2, 0) is 25.7 Å². The molecule has 1 N–H and O–H groups in total. The fourth-order valence-corrected chi connectivity index (χ4v) is 9.25. The van der Waals surface area contributed by atoms with Crippen molar-refractivity contribution in [3.05, 3.63) is 61.2 Å². The van der Waals surface area contributed by atoms with E-state index in [-0.39, 0.29) is 24.4 Å². The van der Waals surface area contributed by atoms with E-state index in [0.29, 0.717) is 32.7 Å². The molecule has 3 saturated heterocycles. The van der Waals surface area contributed by atoms with Crippen LogP contribution in [0, 0.1) is 11.8 Å². The standard InChI is InChI=1S/C32H44N2O5S/c1-4-6-14-22-39-30(38)26-25-28(36)34(20-12-7-8-13-21-35)27(32(25)18-17-31(26,3)40-32)29(37)33(19-5-2)23-24-15-10-9-11-16-24/h4-5,9-11,15-16,25-27,35H,1-2,6-8,12-14,17-23H2,3H3/t25-,26-,27?,31+,32?/m0/s1. The van der Waals surface area contributed by atoms with E-state index in [0.717, 1.165) is 50.5 Å². The lowest BCUT2D eigenvalue weighted by atomic mass is 9.66. The van der Waals surface area contributed by atoms with Gasteiger partial charge in [0.15, 0.2) is 0 Å². The van der Waals surface area contributed by atoms with Gasteiger partial charge in [-0.05, 0) is 51.0 Å². The molecule has 1 spiro atoms. The maximum atomic E-state index is 14.5. The first-order valence-electron chi connectivity index (χ1n) is 14.7. The summed E-state index contributed by atoms with van der Waals surface area (Å²) >= 11 is 1.68. The number of hydrogen-bond acceptors (Lipinski definition) is 6. The highest BCUT2D eigenvalue weighted by atomic mass is 32.2. The number of rotatable bonds is 16. The minimum Gasteiger partial charge on any atom is -0.465 e. The molecule has 3 aliphatic rings. The molecule has 8 heteroatoms. The van der Waals surface area contributed by atoms with Gasteiger partial charge < -0.3 is 19.6 Å². The molecule has 4 rings (SSSR count). The molecular weight excluding hydrogens is 524 g/mol. The molecule has 2 unspecified atom stereocenters. The largest absolute Gasteiger partial charge is 0.465 e. The molecule has 40 heavy (non-hydrogen) atoms. The number of carbonyl (C=O) groups excluding carboxylic acids is 3. The number of aliphatic hydroxyl groups is 1. The number of amides is 2. The minimum absolute atomic E-state index is 0.0771. The van der Waals surface area contributed by atoms with Crippen LogP contribution in [0.2, 0.25) is 0 Å². The predicted molar refractivity (Wildman–Crippen MR) is 158 cm³/mol. The number of likely N-dealkylation sites (tertiary alicyclic amines) is 1. The molecule has 5 atom stereocenters. The second-order valence-electron chi connectivity index (χ2n) is 11.5. The summed E-state index contributed by atoms with van der Waals surface area (Å²) in [7, 11) is 0. The van der Waals surface area contributed by atoms with Crippen LogP contribution in [0.3, 0.4) is 0 Å². The van der Waals surface area contributed by atoms with E-state index in [2.05, 4.69) is 20.1 Å². The summed E-state index contributed by atoms with van der Waals surface area (Å²) in [5.74, 6) is -1.63. The second-order valence-corrected chi connectivity index (χ2v) is 13.4. The van der Waals surface area contributed by atoms with Crippen molar-refractivity contribution in [3.8, 4) is 0 Å². The number of carbonyl (C=O) groups is 3. The van der Waals surface area contributed by atoms with E-state index in [1.807, 2.05) is 30.3 Å². The first-order valence-corrected chi connectivity index (χ1v) is 15.5. The Morgan fingerprint density at radius 3 is 2.58 bits per heavy atom. The predicted octanol–water partition coefficient (Wildman–Crippen LogP) is 4.74. The zero-order valence-corrected chi connectivity index (χ0v) is 24.6. The highest BCUT2D eigenvalue weighted by Gasteiger charge is 2.77. The number of hydrogen-bond donors (Lipinski definition) is 1. The summed E-state index contributed by atoms with van der Waals surface area (Å²) < 4.78 is 4.62. The quantitative estimate of drug-likeness (QED) is 0.176. The summed E-state index contributed by atoms with van der Waals surface area (Å²) in [5, 5.41) is 9.17. The normalized spacial score (nSPS) is 28.4. The van der Waals surface area contributed by atoms with Crippen molar-refractivity contribution in [2.75, 3.05) is 26.3 Å². The number of allylic oxidation sites excluding steroid dienone is 1. The van der Waals surface area contributed by atoms with Crippen molar-refractivity contribution in [1.82, 2.24) is 9.80 Å². The van der Waals surface area contributed by atoms with E-state index < -0.39 is 27.4 Å². The van der Waals surface area contributed by atoms with Gasteiger partial charge in [-0.1, -0.05) is 55.3 Å². The van der Waals surface area contributed by atoms with Crippen molar-refractivity contribution in [2.45, 2.75) is 80.4 Å². The first-order chi connectivity index (χ1) is 19.3. The lowest BCUT2D eigenvalue weighted by molar-refractivity contribution is -0.155. The third-order valence-corrected chi connectivity index (χ3v) is 10.7. The summed E-state index contributed by atoms with van der Waals surface area (Å²) in [6.07, 6.45) is 9.69. The Balaban J connectivity index is 1.64. The van der Waals surface area contributed by atoms with Crippen LogP contribution in [-0.4, -0.2) is 74.5 Å². The van der Waals surface area contributed by atoms with E-state index in [1.165, 1.54) is 0 Å². The molecule has 3 aliphatic heterocycles. The van der Waals surface area contributed by atoms with Gasteiger partial charge in [0.25, 0.3) is 0 Å².